The Bertz CT molecular complexity index is 870. The predicted molar refractivity (Wildman–Crippen MR) is 76.7 cm³/mol. The molecular formula is C16H10F3NO2. The smallest absolute Gasteiger partial charge is 0.404 e. The summed E-state index contributed by atoms with van der Waals surface area (Å²) in [6.45, 7) is 0. The maximum atomic E-state index is 12.5. The highest BCUT2D eigenvalue weighted by molar-refractivity contribution is 5.86. The van der Waals surface area contributed by atoms with Crippen LogP contribution in [0.15, 0.2) is 59.4 Å². The zero-order valence-corrected chi connectivity index (χ0v) is 11.1. The zero-order valence-electron chi connectivity index (χ0n) is 11.1. The van der Waals surface area contributed by atoms with Gasteiger partial charge in [0.2, 0.25) is 0 Å². The molecular weight excluding hydrogens is 295 g/mol. The third-order valence-electron chi connectivity index (χ3n) is 3.14. The van der Waals surface area contributed by atoms with Gasteiger partial charge in [0, 0.05) is 17.1 Å². The number of fused-ring (bicyclic) bond motifs is 1. The largest absolute Gasteiger partial charge is 0.573 e. The van der Waals surface area contributed by atoms with Crippen LogP contribution in [-0.4, -0.2) is 11.3 Å². The van der Waals surface area contributed by atoms with Crippen LogP contribution in [0.2, 0.25) is 0 Å². The zero-order chi connectivity index (χ0) is 15.7. The first kappa shape index (κ1) is 14.2. The Hall–Kier alpha value is -2.76. The molecule has 0 spiro atoms. The van der Waals surface area contributed by atoms with E-state index in [9.17, 15) is 18.0 Å². The van der Waals surface area contributed by atoms with Crippen LogP contribution < -0.4 is 10.2 Å². The molecule has 112 valence electrons. The molecule has 22 heavy (non-hydrogen) atoms. The average Bonchev–Trinajstić information content (AvgIpc) is 2.47. The van der Waals surface area contributed by atoms with Crippen LogP contribution in [0.25, 0.3) is 22.2 Å². The van der Waals surface area contributed by atoms with Gasteiger partial charge in [0.1, 0.15) is 0 Å². The Morgan fingerprint density at radius 2 is 1.68 bits per heavy atom. The van der Waals surface area contributed by atoms with Gasteiger partial charge < -0.3 is 9.72 Å². The quantitative estimate of drug-likeness (QED) is 0.774. The predicted octanol–water partition coefficient (Wildman–Crippen LogP) is 4.09. The van der Waals surface area contributed by atoms with E-state index in [0.717, 1.165) is 0 Å². The lowest BCUT2D eigenvalue weighted by atomic mass is 10.1. The topological polar surface area (TPSA) is 42.1 Å². The van der Waals surface area contributed by atoms with Gasteiger partial charge in [0.15, 0.2) is 11.2 Å². The summed E-state index contributed by atoms with van der Waals surface area (Å²) in [6.07, 6.45) is -4.83. The number of benzene rings is 2. The highest BCUT2D eigenvalue weighted by Gasteiger charge is 2.32. The van der Waals surface area contributed by atoms with Gasteiger partial charge in [-0.05, 0) is 17.7 Å². The summed E-state index contributed by atoms with van der Waals surface area (Å²) in [4.78, 5) is 15.0. The minimum absolute atomic E-state index is 0.0196. The van der Waals surface area contributed by atoms with Crippen LogP contribution in [0.1, 0.15) is 0 Å². The van der Waals surface area contributed by atoms with Crippen molar-refractivity contribution in [3.05, 3.63) is 64.8 Å². The molecule has 0 amide bonds. The highest BCUT2D eigenvalue weighted by atomic mass is 19.4. The van der Waals surface area contributed by atoms with Crippen LogP contribution in [0.5, 0.6) is 5.75 Å². The summed E-state index contributed by atoms with van der Waals surface area (Å²) in [5.74, 6) is -0.431. The second-order valence-electron chi connectivity index (χ2n) is 4.64. The van der Waals surface area contributed by atoms with Crippen LogP contribution in [-0.2, 0) is 0 Å². The van der Waals surface area contributed by atoms with E-state index in [1.54, 1.807) is 30.3 Å². The molecule has 0 fully saturated rings. The van der Waals surface area contributed by atoms with Gasteiger partial charge in [0.25, 0.3) is 0 Å². The van der Waals surface area contributed by atoms with E-state index in [2.05, 4.69) is 9.72 Å². The number of para-hydroxylation sites is 1. The molecule has 1 aromatic heterocycles. The number of halogens is 3. The molecule has 1 N–H and O–H groups in total. The Labute approximate surface area is 123 Å². The molecule has 0 aliphatic rings. The van der Waals surface area contributed by atoms with Crippen molar-refractivity contribution in [3.63, 3.8) is 0 Å². The SMILES string of the molecule is O=c1cc(-c2ccccc2)[nH]c2c(OC(F)(F)F)cccc12. The van der Waals surface area contributed by atoms with Gasteiger partial charge in [-0.3, -0.25) is 4.79 Å². The summed E-state index contributed by atoms with van der Waals surface area (Å²) < 4.78 is 41.4. The second kappa shape index (κ2) is 5.22. The molecule has 3 aromatic rings. The average molecular weight is 305 g/mol. The summed E-state index contributed by atoms with van der Waals surface area (Å²) in [6, 6.07) is 14.2. The molecule has 6 heteroatoms. The number of rotatable bonds is 2. The van der Waals surface area contributed by atoms with E-state index in [0.29, 0.717) is 11.3 Å². The molecule has 0 aliphatic heterocycles. The third-order valence-corrected chi connectivity index (χ3v) is 3.14. The monoisotopic (exact) mass is 305 g/mol. The third kappa shape index (κ3) is 2.81. The normalized spacial score (nSPS) is 11.6. The van der Waals surface area contributed by atoms with Gasteiger partial charge in [-0.15, -0.1) is 13.2 Å². The number of alkyl halides is 3. The van der Waals surface area contributed by atoms with Crippen LogP contribution in [0, 0.1) is 0 Å². The first-order valence-electron chi connectivity index (χ1n) is 6.41. The Morgan fingerprint density at radius 1 is 0.955 bits per heavy atom. The molecule has 3 nitrogen and oxygen atoms in total. The molecule has 3 rings (SSSR count). The van der Waals surface area contributed by atoms with Crippen molar-refractivity contribution in [1.29, 1.82) is 0 Å². The first-order chi connectivity index (χ1) is 10.4. The van der Waals surface area contributed by atoms with E-state index in [1.165, 1.54) is 24.3 Å². The molecule has 2 aromatic carbocycles. The number of nitrogens with one attached hydrogen (secondary N) is 1. The number of aromatic amines is 1. The van der Waals surface area contributed by atoms with Crippen molar-refractivity contribution >= 4 is 10.9 Å². The summed E-state index contributed by atoms with van der Waals surface area (Å²) >= 11 is 0. The standard InChI is InChI=1S/C16H10F3NO2/c17-16(18,19)22-14-8-4-7-11-13(21)9-12(20-15(11)14)10-5-2-1-3-6-10/h1-9H,(H,20,21). The number of hydrogen-bond acceptors (Lipinski definition) is 2. The van der Waals surface area contributed by atoms with E-state index in [4.69, 9.17) is 0 Å². The maximum absolute atomic E-state index is 12.5. The molecule has 0 saturated heterocycles. The van der Waals surface area contributed by atoms with Crippen LogP contribution in [0.4, 0.5) is 13.2 Å². The van der Waals surface area contributed by atoms with Crippen molar-refractivity contribution in [2.45, 2.75) is 6.36 Å². The summed E-state index contributed by atoms with van der Waals surface area (Å²) in [5.41, 5.74) is 0.769. The highest BCUT2D eigenvalue weighted by Crippen LogP contribution is 2.29. The lowest BCUT2D eigenvalue weighted by molar-refractivity contribution is -0.274. The Kier molecular flexibility index (Phi) is 3.36. The Morgan fingerprint density at radius 3 is 2.36 bits per heavy atom. The van der Waals surface area contributed by atoms with Crippen molar-refractivity contribution in [1.82, 2.24) is 4.98 Å². The van der Waals surface area contributed by atoms with Crippen molar-refractivity contribution < 1.29 is 17.9 Å². The minimum Gasteiger partial charge on any atom is -0.404 e. The number of hydrogen-bond donors (Lipinski definition) is 1. The molecule has 0 radical (unpaired) electrons. The fourth-order valence-electron chi connectivity index (χ4n) is 2.23. The number of H-pyrrole nitrogens is 1. The van der Waals surface area contributed by atoms with E-state index < -0.39 is 12.1 Å². The molecule has 0 atom stereocenters. The van der Waals surface area contributed by atoms with Gasteiger partial charge in [0.05, 0.1) is 5.52 Å². The van der Waals surface area contributed by atoms with Gasteiger partial charge in [-0.2, -0.15) is 0 Å². The lowest BCUT2D eigenvalue weighted by Gasteiger charge is -2.12. The Balaban J connectivity index is 2.23. The fraction of sp³-hybridized carbons (Fsp3) is 0.0625. The molecule has 0 aliphatic carbocycles. The van der Waals surface area contributed by atoms with Crippen molar-refractivity contribution in [2.24, 2.45) is 0 Å². The van der Waals surface area contributed by atoms with E-state index in [1.807, 2.05) is 0 Å². The molecule has 0 saturated carbocycles. The molecule has 0 unspecified atom stereocenters. The summed E-state index contributed by atoms with van der Waals surface area (Å²) in [5, 5.41) is 0.140. The minimum atomic E-state index is -4.83. The van der Waals surface area contributed by atoms with Gasteiger partial charge in [-0.1, -0.05) is 36.4 Å². The first-order valence-corrected chi connectivity index (χ1v) is 6.41. The summed E-state index contributed by atoms with van der Waals surface area (Å²) in [7, 11) is 0. The van der Waals surface area contributed by atoms with Crippen molar-refractivity contribution in [3.8, 4) is 17.0 Å². The van der Waals surface area contributed by atoms with Gasteiger partial charge >= 0.3 is 6.36 Å². The number of aromatic nitrogens is 1. The number of pyridine rings is 1. The molecule has 1 heterocycles. The van der Waals surface area contributed by atoms with Crippen LogP contribution >= 0.6 is 0 Å². The van der Waals surface area contributed by atoms with Crippen LogP contribution in [0.3, 0.4) is 0 Å². The lowest BCUT2D eigenvalue weighted by Crippen LogP contribution is -2.18. The maximum Gasteiger partial charge on any atom is 0.573 e. The van der Waals surface area contributed by atoms with Gasteiger partial charge in [-0.25, -0.2) is 0 Å². The fourth-order valence-corrected chi connectivity index (χ4v) is 2.23. The van der Waals surface area contributed by atoms with E-state index >= 15 is 0 Å². The van der Waals surface area contributed by atoms with E-state index in [-0.39, 0.29) is 16.3 Å². The van der Waals surface area contributed by atoms with Crippen molar-refractivity contribution in [2.75, 3.05) is 0 Å². The molecule has 0 bridgehead atoms. The second-order valence-corrected chi connectivity index (χ2v) is 4.64. The number of ether oxygens (including phenoxy) is 1.